The first-order valence-corrected chi connectivity index (χ1v) is 6.76. The summed E-state index contributed by atoms with van der Waals surface area (Å²) in [5.41, 5.74) is 0.457. The van der Waals surface area contributed by atoms with Crippen LogP contribution in [-0.4, -0.2) is 36.2 Å². The number of rotatable bonds is 3. The first-order chi connectivity index (χ1) is 7.43. The Morgan fingerprint density at radius 3 is 2.50 bits per heavy atom. The minimum atomic E-state index is 0.319. The predicted octanol–water partition coefficient (Wildman–Crippen LogP) is 2.76. The molecule has 96 valence electrons. The lowest BCUT2D eigenvalue weighted by Gasteiger charge is -2.30. The molecular weight excluding hydrogens is 198 g/mol. The van der Waals surface area contributed by atoms with Gasteiger partial charge in [-0.3, -0.25) is 0 Å². The van der Waals surface area contributed by atoms with Gasteiger partial charge in [0.25, 0.3) is 0 Å². The summed E-state index contributed by atoms with van der Waals surface area (Å²) in [5.74, 6) is 1.29. The minimum Gasteiger partial charge on any atom is -0.396 e. The molecule has 1 N–H and O–H groups in total. The van der Waals surface area contributed by atoms with E-state index in [4.69, 9.17) is 5.11 Å². The molecule has 0 radical (unpaired) electrons. The second-order valence-corrected chi connectivity index (χ2v) is 6.58. The van der Waals surface area contributed by atoms with Gasteiger partial charge >= 0.3 is 0 Å². The maximum absolute atomic E-state index is 9.09. The smallest absolute Gasteiger partial charge is 0.0468 e. The average molecular weight is 227 g/mol. The number of hydrogen-bond acceptors (Lipinski definition) is 2. The molecule has 0 aromatic carbocycles. The Bertz CT molecular complexity index is 197. The zero-order chi connectivity index (χ0) is 12.2. The van der Waals surface area contributed by atoms with E-state index in [0.717, 1.165) is 12.5 Å². The summed E-state index contributed by atoms with van der Waals surface area (Å²) >= 11 is 0. The van der Waals surface area contributed by atoms with Crippen molar-refractivity contribution < 1.29 is 5.11 Å². The molecule has 0 amide bonds. The number of aliphatic hydroxyl groups excluding tert-OH is 1. The summed E-state index contributed by atoms with van der Waals surface area (Å²) in [6, 6.07) is 0. The van der Waals surface area contributed by atoms with Crippen LogP contribution in [0.3, 0.4) is 0 Å². The second-order valence-electron chi connectivity index (χ2n) is 6.58. The van der Waals surface area contributed by atoms with Crippen LogP contribution in [0.4, 0.5) is 0 Å². The molecule has 0 aromatic heterocycles. The van der Waals surface area contributed by atoms with E-state index in [1.54, 1.807) is 0 Å². The molecule has 2 nitrogen and oxygen atoms in total. The number of hydrogen-bond donors (Lipinski definition) is 1. The van der Waals surface area contributed by atoms with E-state index >= 15 is 0 Å². The van der Waals surface area contributed by atoms with E-state index in [1.807, 2.05) is 0 Å². The fourth-order valence-electron chi connectivity index (χ4n) is 2.70. The molecule has 1 aliphatic heterocycles. The number of likely N-dealkylation sites (tertiary alicyclic amines) is 1. The van der Waals surface area contributed by atoms with Gasteiger partial charge in [-0.25, -0.2) is 0 Å². The van der Waals surface area contributed by atoms with Gasteiger partial charge in [0.05, 0.1) is 0 Å². The molecule has 0 aliphatic carbocycles. The van der Waals surface area contributed by atoms with Crippen LogP contribution in [-0.2, 0) is 0 Å². The summed E-state index contributed by atoms with van der Waals surface area (Å²) < 4.78 is 0. The molecule has 1 aliphatic rings. The van der Waals surface area contributed by atoms with E-state index < -0.39 is 0 Å². The van der Waals surface area contributed by atoms with Crippen LogP contribution in [0.25, 0.3) is 0 Å². The molecule has 2 atom stereocenters. The molecule has 0 bridgehead atoms. The zero-order valence-electron chi connectivity index (χ0n) is 11.5. The molecule has 16 heavy (non-hydrogen) atoms. The van der Waals surface area contributed by atoms with Crippen LogP contribution in [0.15, 0.2) is 0 Å². The van der Waals surface area contributed by atoms with Gasteiger partial charge in [-0.15, -0.1) is 0 Å². The quantitative estimate of drug-likeness (QED) is 0.801. The highest BCUT2D eigenvalue weighted by Crippen LogP contribution is 2.34. The molecular formula is C14H29NO. The van der Waals surface area contributed by atoms with Crippen LogP contribution in [0, 0.1) is 17.3 Å². The largest absolute Gasteiger partial charge is 0.396 e. The van der Waals surface area contributed by atoms with Crippen molar-refractivity contribution in [3.05, 3.63) is 0 Å². The van der Waals surface area contributed by atoms with Crippen molar-refractivity contribution in [1.29, 1.82) is 0 Å². The fraction of sp³-hybridized carbons (Fsp3) is 1.00. The first-order valence-electron chi connectivity index (χ1n) is 6.76. The summed E-state index contributed by atoms with van der Waals surface area (Å²) in [5, 5.41) is 9.09. The Kier molecular flexibility index (Phi) is 5.26. The van der Waals surface area contributed by atoms with Crippen molar-refractivity contribution in [3.63, 3.8) is 0 Å². The van der Waals surface area contributed by atoms with E-state index in [1.165, 1.54) is 32.4 Å². The number of aliphatic hydroxyl groups is 1. The molecule has 1 fully saturated rings. The third kappa shape index (κ3) is 4.42. The summed E-state index contributed by atoms with van der Waals surface area (Å²) in [6.07, 6.45) is 4.01. The van der Waals surface area contributed by atoms with Gasteiger partial charge in [-0.2, -0.15) is 0 Å². The van der Waals surface area contributed by atoms with Gasteiger partial charge in [0, 0.05) is 13.2 Å². The summed E-state index contributed by atoms with van der Waals surface area (Å²) in [4.78, 5) is 2.53. The van der Waals surface area contributed by atoms with Crippen LogP contribution in [0.2, 0.25) is 0 Å². The molecule has 1 rings (SSSR count). The molecule has 0 saturated carbocycles. The third-order valence-corrected chi connectivity index (χ3v) is 3.93. The zero-order valence-corrected chi connectivity index (χ0v) is 11.5. The fourth-order valence-corrected chi connectivity index (χ4v) is 2.70. The monoisotopic (exact) mass is 227 g/mol. The van der Waals surface area contributed by atoms with Gasteiger partial charge in [-0.1, -0.05) is 27.7 Å². The van der Waals surface area contributed by atoms with E-state index in [-0.39, 0.29) is 0 Å². The van der Waals surface area contributed by atoms with Gasteiger partial charge in [0.1, 0.15) is 0 Å². The van der Waals surface area contributed by atoms with Gasteiger partial charge in [-0.05, 0) is 49.6 Å². The van der Waals surface area contributed by atoms with E-state index in [2.05, 4.69) is 32.6 Å². The molecule has 0 spiro atoms. The third-order valence-electron chi connectivity index (χ3n) is 3.93. The lowest BCUT2D eigenvalue weighted by Crippen LogP contribution is -2.31. The van der Waals surface area contributed by atoms with Crippen LogP contribution in [0.5, 0.6) is 0 Å². The van der Waals surface area contributed by atoms with Gasteiger partial charge in [0.15, 0.2) is 0 Å². The van der Waals surface area contributed by atoms with Gasteiger partial charge in [0.2, 0.25) is 0 Å². The summed E-state index contributed by atoms with van der Waals surface area (Å²) in [6.45, 7) is 13.0. The highest BCUT2D eigenvalue weighted by molar-refractivity contribution is 4.79. The standard InChI is InChI=1S/C14H29NO/c1-12(11-16)10-15-8-5-6-13(7-9-15)14(2,3)4/h12-13,16H,5-11H2,1-4H3. The Morgan fingerprint density at radius 2 is 1.94 bits per heavy atom. The summed E-state index contributed by atoms with van der Waals surface area (Å²) in [7, 11) is 0. The first kappa shape index (κ1) is 14.0. The Hall–Kier alpha value is -0.0800. The van der Waals surface area contributed by atoms with Crippen molar-refractivity contribution in [1.82, 2.24) is 4.90 Å². The maximum atomic E-state index is 9.09. The molecule has 2 heteroatoms. The van der Waals surface area contributed by atoms with Crippen molar-refractivity contribution in [2.75, 3.05) is 26.2 Å². The SMILES string of the molecule is CC(CO)CN1CCCC(C(C)(C)C)CC1. The minimum absolute atomic E-state index is 0.319. The topological polar surface area (TPSA) is 23.5 Å². The molecule has 2 unspecified atom stereocenters. The molecule has 0 aromatic rings. The van der Waals surface area contributed by atoms with Crippen LogP contribution in [0.1, 0.15) is 47.0 Å². The Labute approximate surface area is 101 Å². The Balaban J connectivity index is 2.40. The van der Waals surface area contributed by atoms with Crippen LogP contribution >= 0.6 is 0 Å². The van der Waals surface area contributed by atoms with Crippen molar-refractivity contribution >= 4 is 0 Å². The second kappa shape index (κ2) is 6.02. The highest BCUT2D eigenvalue weighted by Gasteiger charge is 2.27. The molecule has 1 saturated heterocycles. The lowest BCUT2D eigenvalue weighted by molar-refractivity contribution is 0.168. The molecule has 1 heterocycles. The maximum Gasteiger partial charge on any atom is 0.0468 e. The average Bonchev–Trinajstić information content (AvgIpc) is 2.42. The number of nitrogens with zero attached hydrogens (tertiary/aromatic N) is 1. The van der Waals surface area contributed by atoms with E-state index in [9.17, 15) is 0 Å². The van der Waals surface area contributed by atoms with E-state index in [0.29, 0.717) is 17.9 Å². The van der Waals surface area contributed by atoms with Crippen molar-refractivity contribution in [2.24, 2.45) is 17.3 Å². The van der Waals surface area contributed by atoms with Crippen LogP contribution < -0.4 is 0 Å². The predicted molar refractivity (Wildman–Crippen MR) is 69.5 cm³/mol. The lowest BCUT2D eigenvalue weighted by atomic mass is 9.77. The van der Waals surface area contributed by atoms with Gasteiger partial charge < -0.3 is 10.0 Å². The van der Waals surface area contributed by atoms with Crippen molar-refractivity contribution in [3.8, 4) is 0 Å². The highest BCUT2D eigenvalue weighted by atomic mass is 16.3. The van der Waals surface area contributed by atoms with Crippen molar-refractivity contribution in [2.45, 2.75) is 47.0 Å². The normalized spacial score (nSPS) is 26.4. The Morgan fingerprint density at radius 1 is 1.25 bits per heavy atom.